The molecule has 0 bridgehead atoms. The number of carbonyl (C=O) groups is 1. The highest BCUT2D eigenvalue weighted by atomic mass is 32.2. The molecule has 1 saturated heterocycles. The molecule has 1 aliphatic heterocycles. The van der Waals surface area contributed by atoms with Crippen molar-refractivity contribution in [3.05, 3.63) is 45.9 Å². The molecule has 0 saturated carbocycles. The highest BCUT2D eigenvalue weighted by Crippen LogP contribution is 2.34. The Morgan fingerprint density at radius 3 is 2.88 bits per heavy atom. The smallest absolute Gasteiger partial charge is 0.263 e. The van der Waals surface area contributed by atoms with Crippen LogP contribution in [0.2, 0.25) is 0 Å². The molecule has 0 aromatic carbocycles. The van der Waals surface area contributed by atoms with Crippen LogP contribution >= 0.6 is 34.4 Å². The molecule has 1 fully saturated rings. The number of fused-ring (bicyclic) bond motifs is 1. The maximum atomic E-state index is 13.3. The highest BCUT2D eigenvalue weighted by Gasteiger charge is 2.34. The van der Waals surface area contributed by atoms with Crippen molar-refractivity contribution in [2.45, 2.75) is 31.1 Å². The second-order valence-electron chi connectivity index (χ2n) is 7.43. The molecule has 32 heavy (non-hydrogen) atoms. The van der Waals surface area contributed by atoms with E-state index in [1.54, 1.807) is 26.9 Å². The summed E-state index contributed by atoms with van der Waals surface area (Å²) in [7, 11) is -3.08. The molecule has 3 aromatic heterocycles. The van der Waals surface area contributed by atoms with Crippen LogP contribution < -0.4 is 5.56 Å². The molecule has 0 N–H and O–H groups in total. The first-order chi connectivity index (χ1) is 15.3. The predicted octanol–water partition coefficient (Wildman–Crippen LogP) is 3.50. The van der Waals surface area contributed by atoms with Gasteiger partial charge >= 0.3 is 0 Å². The number of allylic oxidation sites excluding steroid dienone is 1. The van der Waals surface area contributed by atoms with Crippen molar-refractivity contribution < 1.29 is 13.2 Å². The molecule has 0 aliphatic carbocycles. The zero-order chi connectivity index (χ0) is 22.9. The molecule has 7 nitrogen and oxygen atoms in total. The molecular formula is C21H23N3O4S4. The first-order valence-corrected chi connectivity index (χ1v) is 14.7. The minimum absolute atomic E-state index is 0.0172. The first kappa shape index (κ1) is 23.2. The third-order valence-corrected chi connectivity index (χ3v) is 9.88. The van der Waals surface area contributed by atoms with Gasteiger partial charge < -0.3 is 4.90 Å². The molecule has 1 unspecified atom stereocenters. The summed E-state index contributed by atoms with van der Waals surface area (Å²) in [6, 6.07) is 3.65. The minimum atomic E-state index is -3.08. The van der Waals surface area contributed by atoms with Gasteiger partial charge in [-0.3, -0.25) is 14.2 Å². The summed E-state index contributed by atoms with van der Waals surface area (Å²) in [5.74, 6) is 0.0762. The SMILES string of the molecule is C=CCn1c(SCC(=O)N(CC)C2CCS(=O)(=O)C2)nc2scc(-c3cccs3)c2c1=O. The van der Waals surface area contributed by atoms with E-state index in [0.717, 1.165) is 10.4 Å². The Labute approximate surface area is 198 Å². The number of hydrogen-bond acceptors (Lipinski definition) is 8. The van der Waals surface area contributed by atoms with Crippen LogP contribution in [0.3, 0.4) is 0 Å². The van der Waals surface area contributed by atoms with Crippen LogP contribution in [0.25, 0.3) is 20.7 Å². The van der Waals surface area contributed by atoms with Crippen LogP contribution in [0.1, 0.15) is 13.3 Å². The third-order valence-electron chi connectivity index (χ3n) is 5.39. The van der Waals surface area contributed by atoms with Crippen LogP contribution in [-0.2, 0) is 21.2 Å². The summed E-state index contributed by atoms with van der Waals surface area (Å²) in [6.07, 6.45) is 2.11. The first-order valence-electron chi connectivity index (χ1n) is 10.1. The number of carbonyl (C=O) groups excluding carboxylic acids is 1. The van der Waals surface area contributed by atoms with Gasteiger partial charge in [-0.2, -0.15) is 0 Å². The molecule has 170 valence electrons. The van der Waals surface area contributed by atoms with Crippen LogP contribution in [0.15, 0.2) is 45.5 Å². The van der Waals surface area contributed by atoms with E-state index in [4.69, 9.17) is 4.98 Å². The number of rotatable bonds is 8. The summed E-state index contributed by atoms with van der Waals surface area (Å²) in [5, 5.41) is 4.97. The molecule has 1 atom stereocenters. The number of thiophene rings is 2. The molecule has 4 rings (SSSR count). The molecule has 1 amide bonds. The van der Waals surface area contributed by atoms with Gasteiger partial charge in [0.25, 0.3) is 5.56 Å². The predicted molar refractivity (Wildman–Crippen MR) is 133 cm³/mol. The lowest BCUT2D eigenvalue weighted by Gasteiger charge is -2.26. The summed E-state index contributed by atoms with van der Waals surface area (Å²) in [4.78, 5) is 34.2. The zero-order valence-corrected chi connectivity index (χ0v) is 20.8. The summed E-state index contributed by atoms with van der Waals surface area (Å²) >= 11 is 4.19. The largest absolute Gasteiger partial charge is 0.338 e. The van der Waals surface area contributed by atoms with E-state index >= 15 is 0 Å². The van der Waals surface area contributed by atoms with Crippen molar-refractivity contribution in [1.29, 1.82) is 0 Å². The lowest BCUT2D eigenvalue weighted by Crippen LogP contribution is -2.42. The van der Waals surface area contributed by atoms with Gasteiger partial charge in [0, 0.05) is 35.0 Å². The Hall–Kier alpha value is -1.95. The topological polar surface area (TPSA) is 89.3 Å². The van der Waals surface area contributed by atoms with Gasteiger partial charge in [0.15, 0.2) is 15.0 Å². The van der Waals surface area contributed by atoms with E-state index in [0.29, 0.717) is 28.3 Å². The number of sulfone groups is 1. The monoisotopic (exact) mass is 509 g/mol. The van der Waals surface area contributed by atoms with Crippen LogP contribution in [0, 0.1) is 0 Å². The van der Waals surface area contributed by atoms with Crippen molar-refractivity contribution in [2.75, 3.05) is 23.8 Å². The number of nitrogens with zero attached hydrogens (tertiary/aromatic N) is 3. The van der Waals surface area contributed by atoms with Crippen molar-refractivity contribution in [3.63, 3.8) is 0 Å². The molecule has 0 spiro atoms. The molecule has 0 radical (unpaired) electrons. The van der Waals surface area contributed by atoms with Gasteiger partial charge in [-0.1, -0.05) is 23.9 Å². The maximum Gasteiger partial charge on any atom is 0.263 e. The second kappa shape index (κ2) is 9.50. The van der Waals surface area contributed by atoms with Gasteiger partial charge in [-0.25, -0.2) is 13.4 Å². The standard InChI is InChI=1S/C21H23N3O4S4/c1-3-8-24-20(26)18-15(16-6-5-9-29-16)11-30-19(18)22-21(24)31-12-17(25)23(4-2)14-7-10-32(27,28)13-14/h3,5-6,9,11,14H,1,4,7-8,10,12-13H2,2H3. The van der Waals surface area contributed by atoms with Crippen molar-refractivity contribution in [2.24, 2.45) is 0 Å². The van der Waals surface area contributed by atoms with E-state index in [-0.39, 0.29) is 41.3 Å². The average molecular weight is 510 g/mol. The van der Waals surface area contributed by atoms with E-state index in [1.165, 1.54) is 23.1 Å². The lowest BCUT2D eigenvalue weighted by molar-refractivity contribution is -0.129. The fourth-order valence-corrected chi connectivity index (χ4v) is 8.32. The normalized spacial score (nSPS) is 17.6. The van der Waals surface area contributed by atoms with Gasteiger partial charge in [0.05, 0.1) is 22.6 Å². The number of thioether (sulfide) groups is 1. The second-order valence-corrected chi connectivity index (χ2v) is 12.4. The van der Waals surface area contributed by atoms with Crippen molar-refractivity contribution in [1.82, 2.24) is 14.5 Å². The van der Waals surface area contributed by atoms with Crippen LogP contribution in [-0.4, -0.2) is 58.6 Å². The molecule has 11 heteroatoms. The van der Waals surface area contributed by atoms with Gasteiger partial charge in [0.1, 0.15) is 4.83 Å². The summed E-state index contributed by atoms with van der Waals surface area (Å²) in [6.45, 7) is 6.34. The van der Waals surface area contributed by atoms with E-state index in [1.807, 2.05) is 29.8 Å². The third kappa shape index (κ3) is 4.57. The molecule has 1 aliphatic rings. The highest BCUT2D eigenvalue weighted by molar-refractivity contribution is 7.99. The Bertz CT molecular complexity index is 1310. The quantitative estimate of drug-likeness (QED) is 0.262. The molecule has 3 aromatic rings. The molecule has 4 heterocycles. The summed E-state index contributed by atoms with van der Waals surface area (Å²) < 4.78 is 25.2. The molecular weight excluding hydrogens is 487 g/mol. The van der Waals surface area contributed by atoms with Crippen LogP contribution in [0.5, 0.6) is 0 Å². The van der Waals surface area contributed by atoms with Gasteiger partial charge in [0.2, 0.25) is 5.91 Å². The number of amides is 1. The Morgan fingerprint density at radius 1 is 1.44 bits per heavy atom. The van der Waals surface area contributed by atoms with Crippen molar-refractivity contribution >= 4 is 60.4 Å². The fourth-order valence-electron chi connectivity index (χ4n) is 3.89. The lowest BCUT2D eigenvalue weighted by atomic mass is 10.2. The minimum Gasteiger partial charge on any atom is -0.338 e. The van der Waals surface area contributed by atoms with E-state index < -0.39 is 9.84 Å². The summed E-state index contributed by atoms with van der Waals surface area (Å²) in [5.41, 5.74) is 0.728. The van der Waals surface area contributed by atoms with Crippen molar-refractivity contribution in [3.8, 4) is 10.4 Å². The van der Waals surface area contributed by atoms with Gasteiger partial charge in [-0.05, 0) is 24.8 Å². The fraction of sp³-hybridized carbons (Fsp3) is 0.381. The Morgan fingerprint density at radius 2 is 2.25 bits per heavy atom. The zero-order valence-electron chi connectivity index (χ0n) is 17.5. The Balaban J connectivity index is 1.61. The Kier molecular flexibility index (Phi) is 6.89. The number of aromatic nitrogens is 2. The van der Waals surface area contributed by atoms with Gasteiger partial charge in [-0.15, -0.1) is 29.3 Å². The van der Waals surface area contributed by atoms with E-state index in [2.05, 4.69) is 6.58 Å². The average Bonchev–Trinajstić information content (AvgIpc) is 3.49. The maximum absolute atomic E-state index is 13.3. The number of hydrogen-bond donors (Lipinski definition) is 0. The van der Waals surface area contributed by atoms with E-state index in [9.17, 15) is 18.0 Å². The van der Waals surface area contributed by atoms with Crippen LogP contribution in [0.4, 0.5) is 0 Å².